The molecular formula is C13H17N5O2. The fraction of sp³-hybridized carbons (Fsp3) is 0.462. The van der Waals surface area contributed by atoms with Crippen LogP contribution in [-0.4, -0.2) is 51.9 Å². The quantitative estimate of drug-likeness (QED) is 0.810. The van der Waals surface area contributed by atoms with Crippen LogP contribution in [0.3, 0.4) is 0 Å². The number of hydrogen-bond donors (Lipinski definition) is 1. The molecule has 7 heteroatoms. The lowest BCUT2D eigenvalue weighted by Crippen LogP contribution is -2.41. The zero-order valence-corrected chi connectivity index (χ0v) is 11.6. The molecule has 1 amide bonds. The lowest BCUT2D eigenvalue weighted by Gasteiger charge is -2.27. The molecular weight excluding hydrogens is 258 g/mol. The van der Waals surface area contributed by atoms with Crippen LogP contribution in [0.25, 0.3) is 11.0 Å². The summed E-state index contributed by atoms with van der Waals surface area (Å²) in [7, 11) is 1.81. The third-order valence-electron chi connectivity index (χ3n) is 3.56. The second-order valence-corrected chi connectivity index (χ2v) is 4.91. The van der Waals surface area contributed by atoms with Crippen LogP contribution in [0.1, 0.15) is 16.1 Å². The number of rotatable bonds is 1. The number of hydrogen-bond acceptors (Lipinski definition) is 5. The molecule has 0 bridgehead atoms. The van der Waals surface area contributed by atoms with Gasteiger partial charge in [-0.25, -0.2) is 4.98 Å². The van der Waals surface area contributed by atoms with Crippen molar-refractivity contribution in [3.05, 3.63) is 17.3 Å². The molecule has 3 heterocycles. The highest BCUT2D eigenvalue weighted by Gasteiger charge is 2.22. The van der Waals surface area contributed by atoms with Gasteiger partial charge >= 0.3 is 0 Å². The van der Waals surface area contributed by atoms with Gasteiger partial charge in [0.05, 0.1) is 24.5 Å². The molecule has 0 unspecified atom stereocenters. The van der Waals surface area contributed by atoms with Gasteiger partial charge in [0.25, 0.3) is 5.91 Å². The molecule has 1 aliphatic rings. The van der Waals surface area contributed by atoms with E-state index >= 15 is 0 Å². The number of ether oxygens (including phenoxy) is 1. The maximum absolute atomic E-state index is 12.5. The molecule has 2 aromatic rings. The number of nitrogens with zero attached hydrogens (tertiary/aromatic N) is 4. The van der Waals surface area contributed by atoms with Crippen LogP contribution >= 0.6 is 0 Å². The summed E-state index contributed by atoms with van der Waals surface area (Å²) >= 11 is 0. The fourth-order valence-corrected chi connectivity index (χ4v) is 2.46. The molecule has 0 aliphatic carbocycles. The monoisotopic (exact) mass is 275 g/mol. The van der Waals surface area contributed by atoms with E-state index < -0.39 is 0 Å². The molecule has 20 heavy (non-hydrogen) atoms. The van der Waals surface area contributed by atoms with Crippen molar-refractivity contribution in [1.29, 1.82) is 0 Å². The van der Waals surface area contributed by atoms with E-state index in [9.17, 15) is 4.79 Å². The first-order valence-corrected chi connectivity index (χ1v) is 6.55. The minimum Gasteiger partial charge on any atom is -0.383 e. The van der Waals surface area contributed by atoms with Crippen molar-refractivity contribution >= 4 is 22.8 Å². The van der Waals surface area contributed by atoms with Gasteiger partial charge in [-0.05, 0) is 13.0 Å². The molecule has 106 valence electrons. The third-order valence-corrected chi connectivity index (χ3v) is 3.56. The Morgan fingerprint density at radius 2 is 2.10 bits per heavy atom. The molecule has 1 fully saturated rings. The number of carbonyl (C=O) groups is 1. The highest BCUT2D eigenvalue weighted by atomic mass is 16.5. The number of aromatic nitrogens is 3. The average Bonchev–Trinajstić information content (AvgIpc) is 2.73. The van der Waals surface area contributed by atoms with Crippen LogP contribution in [0.4, 0.5) is 5.82 Å². The Bertz CT molecular complexity index is 673. The summed E-state index contributed by atoms with van der Waals surface area (Å²) < 4.78 is 6.93. The molecule has 2 N–H and O–H groups in total. The number of nitrogen functional groups attached to an aromatic ring is 1. The Kier molecular flexibility index (Phi) is 3.06. The Morgan fingerprint density at radius 1 is 1.40 bits per heavy atom. The van der Waals surface area contributed by atoms with E-state index in [1.165, 1.54) is 0 Å². The largest absolute Gasteiger partial charge is 0.383 e. The number of carbonyl (C=O) groups excluding carboxylic acids is 1. The Hall–Kier alpha value is -2.15. The number of aryl methyl sites for hydroxylation is 2. The lowest BCUT2D eigenvalue weighted by molar-refractivity contribution is 0.0303. The molecule has 2 aromatic heterocycles. The summed E-state index contributed by atoms with van der Waals surface area (Å²) in [6.07, 6.45) is 0. The van der Waals surface area contributed by atoms with E-state index in [2.05, 4.69) is 10.1 Å². The molecule has 0 spiro atoms. The standard InChI is InChI=1S/C13H17N5O2/c1-8-9-7-10(11(14)15-12(9)17(2)16-8)13(19)18-3-5-20-6-4-18/h7H,3-6H2,1-2H3,(H2,14,15). The van der Waals surface area contributed by atoms with Gasteiger partial charge in [0.1, 0.15) is 5.82 Å². The van der Waals surface area contributed by atoms with Crippen molar-refractivity contribution in [1.82, 2.24) is 19.7 Å². The maximum Gasteiger partial charge on any atom is 0.257 e. The van der Waals surface area contributed by atoms with Crippen molar-refractivity contribution in [2.45, 2.75) is 6.92 Å². The third kappa shape index (κ3) is 2.00. The maximum atomic E-state index is 12.5. The van der Waals surface area contributed by atoms with Gasteiger partial charge in [-0.3, -0.25) is 9.48 Å². The van der Waals surface area contributed by atoms with Gasteiger partial charge in [0.2, 0.25) is 0 Å². The summed E-state index contributed by atoms with van der Waals surface area (Å²) in [4.78, 5) is 18.6. The molecule has 7 nitrogen and oxygen atoms in total. The van der Waals surface area contributed by atoms with Crippen LogP contribution in [0.2, 0.25) is 0 Å². The van der Waals surface area contributed by atoms with Crippen LogP contribution < -0.4 is 5.73 Å². The number of amides is 1. The van der Waals surface area contributed by atoms with E-state index in [1.54, 1.807) is 15.6 Å². The van der Waals surface area contributed by atoms with Gasteiger partial charge in [0.15, 0.2) is 5.65 Å². The summed E-state index contributed by atoms with van der Waals surface area (Å²) in [6, 6.07) is 1.79. The van der Waals surface area contributed by atoms with Crippen molar-refractivity contribution < 1.29 is 9.53 Å². The molecule has 0 aromatic carbocycles. The highest BCUT2D eigenvalue weighted by Crippen LogP contribution is 2.22. The minimum atomic E-state index is -0.0940. The predicted octanol–water partition coefficient (Wildman–Crippen LogP) is 0.331. The van der Waals surface area contributed by atoms with Crippen LogP contribution in [0, 0.1) is 6.92 Å². The van der Waals surface area contributed by atoms with E-state index in [1.807, 2.05) is 14.0 Å². The number of fused-ring (bicyclic) bond motifs is 1. The molecule has 0 atom stereocenters. The molecule has 1 aliphatic heterocycles. The highest BCUT2D eigenvalue weighted by molar-refractivity contribution is 6.01. The number of pyridine rings is 1. The minimum absolute atomic E-state index is 0.0940. The van der Waals surface area contributed by atoms with E-state index in [0.717, 1.165) is 11.1 Å². The summed E-state index contributed by atoms with van der Waals surface area (Å²) in [5.74, 6) is 0.153. The van der Waals surface area contributed by atoms with Crippen molar-refractivity contribution in [3.63, 3.8) is 0 Å². The summed E-state index contributed by atoms with van der Waals surface area (Å²) in [5, 5.41) is 5.16. The van der Waals surface area contributed by atoms with E-state index in [0.29, 0.717) is 37.5 Å². The Balaban J connectivity index is 2.04. The topological polar surface area (TPSA) is 86.3 Å². The lowest BCUT2D eigenvalue weighted by atomic mass is 10.1. The van der Waals surface area contributed by atoms with Gasteiger partial charge in [-0.15, -0.1) is 0 Å². The SMILES string of the molecule is Cc1nn(C)c2nc(N)c(C(=O)N3CCOCC3)cc12. The smallest absolute Gasteiger partial charge is 0.257 e. The van der Waals surface area contributed by atoms with Crippen molar-refractivity contribution in [2.75, 3.05) is 32.0 Å². The molecule has 1 saturated heterocycles. The van der Waals surface area contributed by atoms with Gasteiger partial charge in [-0.1, -0.05) is 0 Å². The molecule has 0 radical (unpaired) electrons. The first kappa shape index (κ1) is 12.9. The first-order valence-electron chi connectivity index (χ1n) is 6.55. The zero-order valence-electron chi connectivity index (χ0n) is 11.6. The molecule has 3 rings (SSSR count). The second-order valence-electron chi connectivity index (χ2n) is 4.91. The van der Waals surface area contributed by atoms with E-state index in [4.69, 9.17) is 10.5 Å². The van der Waals surface area contributed by atoms with Gasteiger partial charge < -0.3 is 15.4 Å². The summed E-state index contributed by atoms with van der Waals surface area (Å²) in [5.41, 5.74) is 7.91. The van der Waals surface area contributed by atoms with E-state index in [-0.39, 0.29) is 11.7 Å². The predicted molar refractivity (Wildman–Crippen MR) is 74.4 cm³/mol. The van der Waals surface area contributed by atoms with Crippen LogP contribution in [-0.2, 0) is 11.8 Å². The number of nitrogens with two attached hydrogens (primary N) is 1. The van der Waals surface area contributed by atoms with Gasteiger partial charge in [-0.2, -0.15) is 5.10 Å². The number of morpholine rings is 1. The Morgan fingerprint density at radius 3 is 2.80 bits per heavy atom. The Labute approximate surface area is 116 Å². The van der Waals surface area contributed by atoms with Crippen molar-refractivity contribution in [3.8, 4) is 0 Å². The number of anilines is 1. The normalized spacial score (nSPS) is 15.8. The fourth-order valence-electron chi connectivity index (χ4n) is 2.46. The van der Waals surface area contributed by atoms with Crippen molar-refractivity contribution in [2.24, 2.45) is 7.05 Å². The van der Waals surface area contributed by atoms with Crippen LogP contribution in [0.5, 0.6) is 0 Å². The summed E-state index contributed by atoms with van der Waals surface area (Å²) in [6.45, 7) is 4.19. The molecule has 0 saturated carbocycles. The first-order chi connectivity index (χ1) is 9.58. The average molecular weight is 275 g/mol. The second kappa shape index (κ2) is 4.75. The zero-order chi connectivity index (χ0) is 14.3. The van der Waals surface area contributed by atoms with Gasteiger partial charge in [0, 0.05) is 25.5 Å². The van der Waals surface area contributed by atoms with Crippen LogP contribution in [0.15, 0.2) is 6.07 Å².